The lowest BCUT2D eigenvalue weighted by Crippen LogP contribution is -2.57. The predicted molar refractivity (Wildman–Crippen MR) is 64.5 cm³/mol. The Hall–Kier alpha value is -0.950. The van der Waals surface area contributed by atoms with Gasteiger partial charge < -0.3 is 4.74 Å². The molecule has 0 aromatic rings. The third kappa shape index (κ3) is 4.78. The smallest absolute Gasteiger partial charge is 0.406 e. The molecule has 126 valence electrons. The zero-order chi connectivity index (χ0) is 17.1. The molecule has 0 saturated carbocycles. The molecule has 0 aliphatic heterocycles. The van der Waals surface area contributed by atoms with E-state index in [1.807, 2.05) is 0 Å². The lowest BCUT2D eigenvalue weighted by Gasteiger charge is -2.40. The van der Waals surface area contributed by atoms with Crippen LogP contribution in [-0.4, -0.2) is 24.4 Å². The fourth-order valence-corrected chi connectivity index (χ4v) is 1.78. The van der Waals surface area contributed by atoms with E-state index in [-0.39, 0.29) is 19.8 Å². The minimum absolute atomic E-state index is 0.0409. The fourth-order valence-electron chi connectivity index (χ4n) is 1.78. The molecule has 21 heavy (non-hydrogen) atoms. The summed E-state index contributed by atoms with van der Waals surface area (Å²) in [6, 6.07) is 0. The molecule has 0 saturated heterocycles. The number of esters is 1. The Bertz CT molecular complexity index is 332. The summed E-state index contributed by atoms with van der Waals surface area (Å²) in [6.45, 7) is 4.55. The van der Waals surface area contributed by atoms with Gasteiger partial charge in [0.05, 0.1) is 0 Å². The first-order chi connectivity index (χ1) is 9.27. The first-order valence-corrected chi connectivity index (χ1v) is 6.60. The van der Waals surface area contributed by atoms with Crippen molar-refractivity contribution in [2.24, 2.45) is 11.3 Å². The summed E-state index contributed by atoms with van der Waals surface area (Å²) in [5.41, 5.74) is -4.09. The van der Waals surface area contributed by atoms with Gasteiger partial charge in [0.1, 0.15) is 6.10 Å². The quantitative estimate of drug-likeness (QED) is 0.515. The van der Waals surface area contributed by atoms with Crippen molar-refractivity contribution in [3.63, 3.8) is 0 Å². The second-order valence-electron chi connectivity index (χ2n) is 5.56. The predicted octanol–water partition coefficient (Wildman–Crippen LogP) is 4.88. The number of carbonyl (C=O) groups excluding carboxylic acids is 1. The maximum atomic E-state index is 13.0. The molecule has 2 nitrogen and oxygen atoms in total. The maximum absolute atomic E-state index is 13.0. The van der Waals surface area contributed by atoms with Crippen molar-refractivity contribution in [1.82, 2.24) is 0 Å². The van der Waals surface area contributed by atoms with Crippen LogP contribution in [0.2, 0.25) is 0 Å². The Labute approximate surface area is 119 Å². The SMILES string of the molecule is CCCC(=O)OC(CC(C)C)C(C)(C(F)(F)F)C(F)(F)F. The van der Waals surface area contributed by atoms with Crippen molar-refractivity contribution in [3.8, 4) is 0 Å². The molecule has 0 aliphatic carbocycles. The molecule has 0 aromatic heterocycles. The van der Waals surface area contributed by atoms with Crippen LogP contribution in [0, 0.1) is 11.3 Å². The van der Waals surface area contributed by atoms with Crippen LogP contribution in [0.4, 0.5) is 26.3 Å². The van der Waals surface area contributed by atoms with E-state index >= 15 is 0 Å². The molecular formula is C13H20F6O2. The van der Waals surface area contributed by atoms with Crippen LogP contribution < -0.4 is 0 Å². The number of carbonyl (C=O) groups is 1. The van der Waals surface area contributed by atoms with E-state index in [1.165, 1.54) is 13.8 Å². The van der Waals surface area contributed by atoms with Gasteiger partial charge in [-0.25, -0.2) is 0 Å². The summed E-state index contributed by atoms with van der Waals surface area (Å²) in [5, 5.41) is 0. The van der Waals surface area contributed by atoms with Crippen molar-refractivity contribution in [1.29, 1.82) is 0 Å². The summed E-state index contributed by atoms with van der Waals surface area (Å²) in [5.74, 6) is -1.55. The van der Waals surface area contributed by atoms with E-state index in [0.29, 0.717) is 0 Å². The van der Waals surface area contributed by atoms with Crippen LogP contribution in [-0.2, 0) is 9.53 Å². The van der Waals surface area contributed by atoms with Crippen LogP contribution in [0.3, 0.4) is 0 Å². The van der Waals surface area contributed by atoms with E-state index in [4.69, 9.17) is 0 Å². The third-order valence-electron chi connectivity index (χ3n) is 3.24. The van der Waals surface area contributed by atoms with Crippen molar-refractivity contribution >= 4 is 5.97 Å². The van der Waals surface area contributed by atoms with Gasteiger partial charge in [-0.05, 0) is 25.7 Å². The molecule has 0 spiro atoms. The highest BCUT2D eigenvalue weighted by Crippen LogP contribution is 2.54. The van der Waals surface area contributed by atoms with Crippen molar-refractivity contribution in [2.45, 2.75) is 65.4 Å². The van der Waals surface area contributed by atoms with E-state index in [0.717, 1.165) is 0 Å². The molecule has 0 fully saturated rings. The van der Waals surface area contributed by atoms with Gasteiger partial charge in [0.2, 0.25) is 0 Å². The highest BCUT2D eigenvalue weighted by Gasteiger charge is 2.72. The van der Waals surface area contributed by atoms with E-state index in [9.17, 15) is 31.1 Å². The maximum Gasteiger partial charge on any atom is 0.406 e. The van der Waals surface area contributed by atoms with E-state index in [2.05, 4.69) is 4.74 Å². The Morgan fingerprint density at radius 2 is 1.48 bits per heavy atom. The number of hydrogen-bond donors (Lipinski definition) is 0. The number of rotatable bonds is 6. The van der Waals surface area contributed by atoms with Crippen LogP contribution in [0.1, 0.15) is 47.0 Å². The zero-order valence-electron chi connectivity index (χ0n) is 12.4. The van der Waals surface area contributed by atoms with Gasteiger partial charge in [-0.3, -0.25) is 4.79 Å². The molecule has 0 radical (unpaired) electrons. The standard InChI is InChI=1S/C13H20F6O2/c1-5-6-10(20)21-9(7-8(2)3)11(4,12(14,15)16)13(17,18)19/h8-9H,5-7H2,1-4H3. The second-order valence-corrected chi connectivity index (χ2v) is 5.56. The minimum Gasteiger partial charge on any atom is -0.461 e. The summed E-state index contributed by atoms with van der Waals surface area (Å²) in [7, 11) is 0. The first-order valence-electron chi connectivity index (χ1n) is 6.60. The molecule has 8 heteroatoms. The summed E-state index contributed by atoms with van der Waals surface area (Å²) >= 11 is 0. The van der Waals surface area contributed by atoms with Gasteiger partial charge in [0, 0.05) is 6.42 Å². The lowest BCUT2D eigenvalue weighted by atomic mass is 9.78. The van der Waals surface area contributed by atoms with Gasteiger partial charge >= 0.3 is 18.3 Å². The fraction of sp³-hybridized carbons (Fsp3) is 0.923. The molecule has 0 aliphatic rings. The molecule has 0 aromatic carbocycles. The van der Waals surface area contributed by atoms with E-state index in [1.54, 1.807) is 6.92 Å². The summed E-state index contributed by atoms with van der Waals surface area (Å²) in [4.78, 5) is 11.4. The van der Waals surface area contributed by atoms with Crippen LogP contribution >= 0.6 is 0 Å². The van der Waals surface area contributed by atoms with Gasteiger partial charge in [0.25, 0.3) is 0 Å². The Morgan fingerprint density at radius 1 is 1.05 bits per heavy atom. The van der Waals surface area contributed by atoms with Crippen molar-refractivity contribution in [3.05, 3.63) is 0 Å². The Kier molecular flexibility index (Phi) is 6.56. The highest BCUT2D eigenvalue weighted by molar-refractivity contribution is 5.69. The molecule has 1 atom stereocenters. The van der Waals surface area contributed by atoms with Crippen molar-refractivity contribution < 1.29 is 35.9 Å². The molecular weight excluding hydrogens is 302 g/mol. The van der Waals surface area contributed by atoms with Crippen LogP contribution in [0.25, 0.3) is 0 Å². The van der Waals surface area contributed by atoms with Gasteiger partial charge in [-0.2, -0.15) is 26.3 Å². The molecule has 0 amide bonds. The minimum atomic E-state index is -5.57. The van der Waals surface area contributed by atoms with Crippen molar-refractivity contribution in [2.75, 3.05) is 0 Å². The monoisotopic (exact) mass is 322 g/mol. The summed E-state index contributed by atoms with van der Waals surface area (Å²) < 4.78 is 82.7. The highest BCUT2D eigenvalue weighted by atomic mass is 19.4. The van der Waals surface area contributed by atoms with Gasteiger partial charge in [-0.15, -0.1) is 0 Å². The van der Waals surface area contributed by atoms with Gasteiger partial charge in [-0.1, -0.05) is 20.8 Å². The number of halogens is 6. The molecule has 1 unspecified atom stereocenters. The normalized spacial score (nSPS) is 15.2. The first kappa shape index (κ1) is 20.1. The van der Waals surface area contributed by atoms with Crippen LogP contribution in [0.5, 0.6) is 0 Å². The topological polar surface area (TPSA) is 26.3 Å². The molecule has 0 heterocycles. The average Bonchev–Trinajstić information content (AvgIpc) is 2.23. The molecule has 0 N–H and O–H groups in total. The largest absolute Gasteiger partial charge is 0.461 e. The van der Waals surface area contributed by atoms with E-state index < -0.39 is 42.2 Å². The Morgan fingerprint density at radius 3 is 1.76 bits per heavy atom. The molecule has 0 rings (SSSR count). The lowest BCUT2D eigenvalue weighted by molar-refractivity contribution is -0.360. The second kappa shape index (κ2) is 6.87. The van der Waals surface area contributed by atoms with Crippen LogP contribution in [0.15, 0.2) is 0 Å². The Balaban J connectivity index is 5.65. The number of ether oxygens (including phenoxy) is 1. The molecule has 0 bridgehead atoms. The number of alkyl halides is 6. The number of hydrogen-bond acceptors (Lipinski definition) is 2. The average molecular weight is 322 g/mol. The van der Waals surface area contributed by atoms with Gasteiger partial charge in [0.15, 0.2) is 5.41 Å². The zero-order valence-corrected chi connectivity index (χ0v) is 12.4. The third-order valence-corrected chi connectivity index (χ3v) is 3.24. The summed E-state index contributed by atoms with van der Waals surface area (Å²) in [6.07, 6.45) is -13.9.